The molecule has 0 saturated carbocycles. The van der Waals surface area contributed by atoms with Crippen molar-refractivity contribution in [2.75, 3.05) is 13.2 Å². The van der Waals surface area contributed by atoms with E-state index in [-0.39, 0.29) is 33.8 Å². The molecule has 5 rings (SSSR count). The quantitative estimate of drug-likeness (QED) is 0.128. The number of benzene rings is 2. The molecule has 0 unspecified atom stereocenters. The number of esters is 8. The Labute approximate surface area is 363 Å². The normalized spacial score (nSPS) is 24.0. The second-order valence-corrected chi connectivity index (χ2v) is 14.2. The number of ether oxygens (including phenoxy) is 12. The first-order valence-corrected chi connectivity index (χ1v) is 19.4. The van der Waals surface area contributed by atoms with Gasteiger partial charge in [-0.15, -0.1) is 0 Å². The minimum atomic E-state index is -1.78. The summed E-state index contributed by atoms with van der Waals surface area (Å²) in [6, 6.07) is 8.30. The monoisotopic (exact) mass is 900 g/mol. The van der Waals surface area contributed by atoms with Crippen LogP contribution in [0.5, 0.6) is 17.2 Å². The highest BCUT2D eigenvalue weighted by atomic mass is 16.8. The van der Waals surface area contributed by atoms with Gasteiger partial charge in [0.1, 0.15) is 40.6 Å². The van der Waals surface area contributed by atoms with E-state index in [9.17, 15) is 43.2 Å². The lowest BCUT2D eigenvalue weighted by Gasteiger charge is -2.45. The van der Waals surface area contributed by atoms with Gasteiger partial charge in [0.2, 0.25) is 17.8 Å². The molecule has 2 aliphatic heterocycles. The molecule has 0 aliphatic carbocycles. The number of carbonyl (C=O) groups excluding carboxylic acids is 8. The lowest BCUT2D eigenvalue weighted by atomic mass is 9.98. The number of hydrogen-bond acceptors (Lipinski definition) is 22. The van der Waals surface area contributed by atoms with Crippen molar-refractivity contribution in [2.45, 2.75) is 111 Å². The Bertz CT molecular complexity index is 2330. The Morgan fingerprint density at radius 3 is 1.67 bits per heavy atom. The van der Waals surface area contributed by atoms with Crippen LogP contribution in [0.25, 0.3) is 22.1 Å². The van der Waals surface area contributed by atoms with Crippen molar-refractivity contribution >= 4 is 58.7 Å². The van der Waals surface area contributed by atoms with Gasteiger partial charge in [-0.3, -0.25) is 43.2 Å². The van der Waals surface area contributed by atoms with Gasteiger partial charge in [-0.25, -0.2) is 0 Å². The van der Waals surface area contributed by atoms with Crippen LogP contribution in [-0.2, 0) is 81.0 Å². The van der Waals surface area contributed by atoms with Gasteiger partial charge in [-0.05, 0) is 17.7 Å². The lowest BCUT2D eigenvalue weighted by molar-refractivity contribution is -0.313. The van der Waals surface area contributed by atoms with Crippen molar-refractivity contribution in [1.82, 2.24) is 0 Å². The molecule has 9 atom stereocenters. The van der Waals surface area contributed by atoms with Gasteiger partial charge in [-0.2, -0.15) is 0 Å². The van der Waals surface area contributed by atoms with Crippen molar-refractivity contribution in [2.24, 2.45) is 0 Å². The van der Waals surface area contributed by atoms with Crippen molar-refractivity contribution in [3.63, 3.8) is 0 Å². The zero-order chi connectivity index (χ0) is 47.0. The average Bonchev–Trinajstić information content (AvgIpc) is 3.17. The van der Waals surface area contributed by atoms with Gasteiger partial charge < -0.3 is 61.3 Å². The zero-order valence-electron chi connectivity index (χ0n) is 35.6. The van der Waals surface area contributed by atoms with E-state index < -0.39 is 122 Å². The second kappa shape index (κ2) is 21.0. The summed E-state index contributed by atoms with van der Waals surface area (Å²) < 4.78 is 73.2. The van der Waals surface area contributed by atoms with Crippen LogP contribution in [0.2, 0.25) is 0 Å². The Morgan fingerprint density at radius 1 is 0.578 bits per heavy atom. The highest BCUT2D eigenvalue weighted by molar-refractivity contribution is 5.90. The highest BCUT2D eigenvalue weighted by Gasteiger charge is 2.54. The second-order valence-electron chi connectivity index (χ2n) is 14.2. The largest absolute Gasteiger partial charge is 0.463 e. The van der Waals surface area contributed by atoms with Gasteiger partial charge >= 0.3 is 47.8 Å². The van der Waals surface area contributed by atoms with Gasteiger partial charge in [0, 0.05) is 67.5 Å². The first kappa shape index (κ1) is 48.1. The number of rotatable bonds is 14. The fourth-order valence-corrected chi connectivity index (χ4v) is 6.82. The zero-order valence-corrected chi connectivity index (χ0v) is 35.6. The topological polar surface area (TPSA) is 278 Å². The van der Waals surface area contributed by atoms with Crippen LogP contribution < -0.4 is 19.6 Å². The number of hydrogen-bond donors (Lipinski definition) is 0. The smallest absolute Gasteiger partial charge is 0.308 e. The molecule has 2 aromatic carbocycles. The highest BCUT2D eigenvalue weighted by Crippen LogP contribution is 2.36. The van der Waals surface area contributed by atoms with Crippen LogP contribution in [-0.4, -0.2) is 116 Å². The van der Waals surface area contributed by atoms with Crippen LogP contribution in [0.3, 0.4) is 0 Å². The van der Waals surface area contributed by atoms with Crippen molar-refractivity contribution in [3.8, 4) is 28.4 Å². The van der Waals surface area contributed by atoms with E-state index in [1.807, 2.05) is 0 Å². The van der Waals surface area contributed by atoms with Crippen LogP contribution in [0.4, 0.5) is 0 Å². The third kappa shape index (κ3) is 12.4. The van der Waals surface area contributed by atoms with Crippen LogP contribution in [0.1, 0.15) is 55.4 Å². The fraction of sp³-hybridized carbons (Fsp3) is 0.452. The van der Waals surface area contributed by atoms with Gasteiger partial charge in [0.15, 0.2) is 36.8 Å². The maximum Gasteiger partial charge on any atom is 0.308 e. The van der Waals surface area contributed by atoms with Crippen LogP contribution in [0.15, 0.2) is 51.9 Å². The molecule has 0 radical (unpaired) electrons. The molecule has 22 heteroatoms. The van der Waals surface area contributed by atoms with Crippen molar-refractivity contribution in [3.05, 3.63) is 52.9 Å². The number of carbonyl (C=O) groups is 8. The molecule has 2 aliphatic rings. The van der Waals surface area contributed by atoms with Crippen LogP contribution >= 0.6 is 0 Å². The standard InChI is InChI=1S/C42H44O22/c1-18(43)55-27-11-9-26(10-12-27)29-15-52-30-13-28(14-31(56-19(2)44)34(30)35(29)51)63-42-40(62-25(8)50)38(60-23(6)48)36(58-21(4)46)33(64-42)17-54-41-39(61-24(7)49)37(59-22(5)47)32(16-53-41)57-20(3)45/h9-15,32-33,36-42H,16-17H2,1-8H3/t32-,33+,36+,37-,38-,39+,40+,41+,42+/m1/s1. The predicted molar refractivity (Wildman–Crippen MR) is 209 cm³/mol. The number of fused-ring (bicyclic) bond motifs is 1. The van der Waals surface area contributed by atoms with Gasteiger partial charge in [-0.1, -0.05) is 12.1 Å². The molecule has 0 amide bonds. The molecule has 0 N–H and O–H groups in total. The fourth-order valence-electron chi connectivity index (χ4n) is 6.82. The maximum atomic E-state index is 14.0. The van der Waals surface area contributed by atoms with E-state index in [0.29, 0.717) is 5.56 Å². The van der Waals surface area contributed by atoms with E-state index in [1.165, 1.54) is 37.3 Å². The minimum Gasteiger partial charge on any atom is -0.463 e. The summed E-state index contributed by atoms with van der Waals surface area (Å²) >= 11 is 0. The third-order valence-electron chi connectivity index (χ3n) is 8.97. The first-order valence-electron chi connectivity index (χ1n) is 19.4. The Balaban J connectivity index is 1.55. The summed E-state index contributed by atoms with van der Waals surface area (Å²) in [5, 5.41) is -0.193. The maximum absolute atomic E-state index is 14.0. The van der Waals surface area contributed by atoms with Crippen molar-refractivity contribution < 1.29 is 99.6 Å². The summed E-state index contributed by atoms with van der Waals surface area (Å²) in [5.74, 6) is -6.93. The Kier molecular flexibility index (Phi) is 15.8. The van der Waals surface area contributed by atoms with E-state index in [4.69, 9.17) is 61.3 Å². The third-order valence-corrected chi connectivity index (χ3v) is 8.97. The van der Waals surface area contributed by atoms with E-state index in [1.54, 1.807) is 0 Å². The van der Waals surface area contributed by atoms with Gasteiger partial charge in [0.05, 0.1) is 18.8 Å². The summed E-state index contributed by atoms with van der Waals surface area (Å²) in [7, 11) is 0. The first-order chi connectivity index (χ1) is 30.2. The molecule has 22 nitrogen and oxygen atoms in total. The Hall–Kier alpha value is -6.91. The Morgan fingerprint density at radius 2 is 1.11 bits per heavy atom. The molecule has 344 valence electrons. The molecule has 0 bridgehead atoms. The molecule has 1 aromatic heterocycles. The molecular weight excluding hydrogens is 856 g/mol. The van der Waals surface area contributed by atoms with Gasteiger partial charge in [0.25, 0.3) is 0 Å². The summed E-state index contributed by atoms with van der Waals surface area (Å²) in [6.07, 6.45) is -12.9. The van der Waals surface area contributed by atoms with E-state index in [0.717, 1.165) is 60.8 Å². The van der Waals surface area contributed by atoms with E-state index in [2.05, 4.69) is 0 Å². The summed E-state index contributed by atoms with van der Waals surface area (Å²) in [5.41, 5.74) is -0.401. The van der Waals surface area contributed by atoms with E-state index >= 15 is 0 Å². The molecule has 2 fully saturated rings. The molecular formula is C42H44O22. The summed E-state index contributed by atoms with van der Waals surface area (Å²) in [6.45, 7) is 7.55. The van der Waals surface area contributed by atoms with Crippen molar-refractivity contribution in [1.29, 1.82) is 0 Å². The lowest BCUT2D eigenvalue weighted by Crippen LogP contribution is -2.64. The minimum absolute atomic E-state index is 0.0389. The summed E-state index contributed by atoms with van der Waals surface area (Å²) in [4.78, 5) is 112. The molecule has 0 spiro atoms. The molecule has 2 saturated heterocycles. The predicted octanol–water partition coefficient (Wildman–Crippen LogP) is 2.38. The molecule has 3 aromatic rings. The van der Waals surface area contributed by atoms with Crippen LogP contribution in [0, 0.1) is 0 Å². The molecule has 3 heterocycles. The average molecular weight is 901 g/mol. The SMILES string of the molecule is CC(=O)Oc1ccc(-c2coc3cc(O[C@H]4O[C@@H](CO[C@@H]5OC[C@@H](OC(C)=O)[C@@H](OC(C)=O)[C@@H]5OC(C)=O)[C@H](OC(C)=O)[C@@H](OC(C)=O)[C@@H]4OC(C)=O)cc(OC(C)=O)c3c2=O)cc1. The molecule has 64 heavy (non-hydrogen) atoms.